The van der Waals surface area contributed by atoms with E-state index in [1.54, 1.807) is 6.26 Å². The molecule has 1 amide bonds. The number of furan rings is 1. The Morgan fingerprint density at radius 1 is 1.25 bits per heavy atom. The van der Waals surface area contributed by atoms with Gasteiger partial charge in [0.15, 0.2) is 6.61 Å². The highest BCUT2D eigenvalue weighted by molar-refractivity contribution is 6.07. The van der Waals surface area contributed by atoms with E-state index >= 15 is 0 Å². The van der Waals surface area contributed by atoms with E-state index in [-0.39, 0.29) is 0 Å². The smallest absolute Gasteiger partial charge is 0.339 e. The number of nitrogens with two attached hydrogens (primary N) is 1. The van der Waals surface area contributed by atoms with Gasteiger partial charge in [-0.1, -0.05) is 25.1 Å². The number of fused-ring (bicyclic) bond motifs is 2. The molecular formula is C22H20N2O4. The zero-order valence-corrected chi connectivity index (χ0v) is 15.5. The maximum Gasteiger partial charge on any atom is 0.339 e. The van der Waals surface area contributed by atoms with Gasteiger partial charge in [0.2, 0.25) is 0 Å². The molecule has 0 spiro atoms. The molecule has 0 bridgehead atoms. The van der Waals surface area contributed by atoms with Crippen molar-refractivity contribution >= 4 is 34.4 Å². The molecule has 0 saturated heterocycles. The third-order valence-electron chi connectivity index (χ3n) is 4.83. The lowest BCUT2D eigenvalue weighted by molar-refractivity contribution is -0.121. The predicted molar refractivity (Wildman–Crippen MR) is 105 cm³/mol. The number of hydrogen-bond acceptors (Lipinski definition) is 5. The molecule has 0 aliphatic heterocycles. The first-order chi connectivity index (χ1) is 13.5. The number of para-hydroxylation sites is 1. The van der Waals surface area contributed by atoms with Crippen LogP contribution in [-0.2, 0) is 16.0 Å². The first kappa shape index (κ1) is 18.0. The average Bonchev–Trinajstić information content (AvgIpc) is 3.17. The Morgan fingerprint density at radius 2 is 2.07 bits per heavy atom. The Hall–Kier alpha value is -3.41. The maximum atomic E-state index is 12.9. The lowest BCUT2D eigenvalue weighted by Gasteiger charge is -2.26. The molecule has 1 atom stereocenters. The second-order valence-electron chi connectivity index (χ2n) is 7.07. The first-order valence-corrected chi connectivity index (χ1v) is 9.14. The number of nitrogens with zero attached hydrogens (tertiary/aromatic N) is 1. The van der Waals surface area contributed by atoms with Crippen LogP contribution in [0.15, 0.2) is 47.1 Å². The molecular weight excluding hydrogens is 356 g/mol. The number of allylic oxidation sites excluding steroid dienone is 1. The third kappa shape index (κ3) is 3.41. The van der Waals surface area contributed by atoms with E-state index in [0.717, 1.165) is 29.0 Å². The third-order valence-corrected chi connectivity index (χ3v) is 4.83. The molecule has 0 fully saturated rings. The Balaban J connectivity index is 1.92. The SMILES string of the molecule is CC1C/C(=C/c2ccco2)c2nc3ccccc3c(C(=O)OCC(N)=O)c2C1. The van der Waals surface area contributed by atoms with Crippen molar-refractivity contribution in [3.05, 3.63) is 65.2 Å². The molecule has 0 radical (unpaired) electrons. The molecule has 142 valence electrons. The molecule has 6 nitrogen and oxygen atoms in total. The van der Waals surface area contributed by atoms with Gasteiger partial charge in [-0.15, -0.1) is 0 Å². The van der Waals surface area contributed by atoms with Gasteiger partial charge in [-0.25, -0.2) is 9.78 Å². The number of amides is 1. The van der Waals surface area contributed by atoms with Gasteiger partial charge in [0.25, 0.3) is 5.91 Å². The Morgan fingerprint density at radius 3 is 2.82 bits per heavy atom. The zero-order valence-electron chi connectivity index (χ0n) is 15.5. The standard InChI is InChI=1S/C22H20N2O4/c1-13-9-14(11-15-5-4-8-27-15)21-17(10-13)20(22(26)28-12-19(23)25)16-6-2-3-7-18(16)24-21/h2-8,11,13H,9-10,12H2,1H3,(H2,23,25)/b14-11-. The number of benzene rings is 1. The van der Waals surface area contributed by atoms with Crippen molar-refractivity contribution in [2.45, 2.75) is 19.8 Å². The zero-order chi connectivity index (χ0) is 19.7. The van der Waals surface area contributed by atoms with E-state index in [1.807, 2.05) is 42.5 Å². The summed E-state index contributed by atoms with van der Waals surface area (Å²) in [5.74, 6) is -0.185. The molecule has 4 rings (SSSR count). The number of ether oxygens (including phenoxy) is 1. The molecule has 1 aliphatic carbocycles. The summed E-state index contributed by atoms with van der Waals surface area (Å²) in [7, 11) is 0. The quantitative estimate of drug-likeness (QED) is 0.702. The summed E-state index contributed by atoms with van der Waals surface area (Å²) in [5, 5.41) is 0.710. The summed E-state index contributed by atoms with van der Waals surface area (Å²) in [6.07, 6.45) is 5.12. The molecule has 2 heterocycles. The highest BCUT2D eigenvalue weighted by Gasteiger charge is 2.29. The van der Waals surface area contributed by atoms with Crippen LogP contribution >= 0.6 is 0 Å². The largest absolute Gasteiger partial charge is 0.465 e. The minimum absolute atomic E-state index is 0.319. The highest BCUT2D eigenvalue weighted by Crippen LogP contribution is 2.38. The van der Waals surface area contributed by atoms with Crippen LogP contribution in [0.1, 0.15) is 40.7 Å². The molecule has 0 saturated carbocycles. The second kappa shape index (κ2) is 7.31. The summed E-state index contributed by atoms with van der Waals surface area (Å²) in [5.41, 5.74) is 8.93. The minimum Gasteiger partial charge on any atom is -0.465 e. The molecule has 28 heavy (non-hydrogen) atoms. The number of esters is 1. The Kier molecular flexibility index (Phi) is 4.69. The summed E-state index contributed by atoms with van der Waals surface area (Å²) in [6, 6.07) is 11.2. The van der Waals surface area contributed by atoms with E-state index in [9.17, 15) is 9.59 Å². The van der Waals surface area contributed by atoms with Crippen LogP contribution in [0.25, 0.3) is 22.6 Å². The fourth-order valence-corrected chi connectivity index (χ4v) is 3.72. The monoisotopic (exact) mass is 376 g/mol. The van der Waals surface area contributed by atoms with Crippen molar-refractivity contribution in [2.75, 3.05) is 6.61 Å². The summed E-state index contributed by atoms with van der Waals surface area (Å²) < 4.78 is 10.6. The number of rotatable bonds is 4. The first-order valence-electron chi connectivity index (χ1n) is 9.14. The van der Waals surface area contributed by atoms with Crippen LogP contribution in [0.5, 0.6) is 0 Å². The predicted octanol–water partition coefficient (Wildman–Crippen LogP) is 3.59. The van der Waals surface area contributed by atoms with E-state index in [2.05, 4.69) is 6.92 Å². The molecule has 2 aromatic heterocycles. The van der Waals surface area contributed by atoms with Crippen molar-refractivity contribution in [2.24, 2.45) is 11.7 Å². The molecule has 6 heteroatoms. The number of primary amides is 1. The van der Waals surface area contributed by atoms with E-state index in [1.165, 1.54) is 0 Å². The summed E-state index contributed by atoms with van der Waals surface area (Å²) in [6.45, 7) is 1.68. The van der Waals surface area contributed by atoms with Crippen LogP contribution in [-0.4, -0.2) is 23.5 Å². The number of aromatic nitrogens is 1. The van der Waals surface area contributed by atoms with Crippen molar-refractivity contribution in [3.8, 4) is 0 Å². The molecule has 1 aromatic carbocycles. The molecule has 2 N–H and O–H groups in total. The van der Waals surface area contributed by atoms with Gasteiger partial charge < -0.3 is 14.9 Å². The van der Waals surface area contributed by atoms with E-state index in [0.29, 0.717) is 28.8 Å². The number of hydrogen-bond donors (Lipinski definition) is 1. The average molecular weight is 376 g/mol. The fraction of sp³-hybridized carbons (Fsp3) is 0.227. The lowest BCUT2D eigenvalue weighted by atomic mass is 9.81. The van der Waals surface area contributed by atoms with Gasteiger partial charge >= 0.3 is 5.97 Å². The lowest BCUT2D eigenvalue weighted by Crippen LogP contribution is -2.23. The summed E-state index contributed by atoms with van der Waals surface area (Å²) >= 11 is 0. The van der Waals surface area contributed by atoms with Crippen molar-refractivity contribution in [1.82, 2.24) is 4.98 Å². The maximum absolute atomic E-state index is 12.9. The second-order valence-corrected chi connectivity index (χ2v) is 7.07. The van der Waals surface area contributed by atoms with Crippen LogP contribution < -0.4 is 5.73 Å². The number of carbonyl (C=O) groups excluding carboxylic acids is 2. The highest BCUT2D eigenvalue weighted by atomic mass is 16.5. The molecule has 3 aromatic rings. The molecule has 1 unspecified atom stereocenters. The number of carbonyl (C=O) groups is 2. The van der Waals surface area contributed by atoms with Crippen LogP contribution in [0, 0.1) is 5.92 Å². The number of pyridine rings is 1. The topological polar surface area (TPSA) is 95.4 Å². The fourth-order valence-electron chi connectivity index (χ4n) is 3.72. The summed E-state index contributed by atoms with van der Waals surface area (Å²) in [4.78, 5) is 28.8. The van der Waals surface area contributed by atoms with Gasteiger partial charge in [-0.2, -0.15) is 0 Å². The van der Waals surface area contributed by atoms with Crippen molar-refractivity contribution in [3.63, 3.8) is 0 Å². The van der Waals surface area contributed by atoms with Gasteiger partial charge in [-0.05, 0) is 54.2 Å². The van der Waals surface area contributed by atoms with Crippen LogP contribution in [0.3, 0.4) is 0 Å². The van der Waals surface area contributed by atoms with Crippen LogP contribution in [0.2, 0.25) is 0 Å². The minimum atomic E-state index is -0.688. The Labute approximate surface area is 162 Å². The van der Waals surface area contributed by atoms with Crippen molar-refractivity contribution in [1.29, 1.82) is 0 Å². The van der Waals surface area contributed by atoms with Gasteiger partial charge in [0.1, 0.15) is 5.76 Å². The Bertz CT molecular complexity index is 1080. The normalized spacial score (nSPS) is 17.5. The van der Waals surface area contributed by atoms with E-state index in [4.69, 9.17) is 19.9 Å². The van der Waals surface area contributed by atoms with Gasteiger partial charge in [-0.3, -0.25) is 4.79 Å². The molecule has 1 aliphatic rings. The van der Waals surface area contributed by atoms with Crippen LogP contribution in [0.4, 0.5) is 0 Å². The van der Waals surface area contributed by atoms with Gasteiger partial charge in [0, 0.05) is 5.39 Å². The van der Waals surface area contributed by atoms with E-state index < -0.39 is 18.5 Å². The van der Waals surface area contributed by atoms with Crippen molar-refractivity contribution < 1.29 is 18.7 Å². The van der Waals surface area contributed by atoms with Gasteiger partial charge in [0.05, 0.1) is 23.0 Å².